The molecule has 1 spiro atoms. The number of ether oxygens (including phenoxy) is 1. The Morgan fingerprint density at radius 3 is 2.55 bits per heavy atom. The highest BCUT2D eigenvalue weighted by Crippen LogP contribution is 2.40. The highest BCUT2D eigenvalue weighted by Gasteiger charge is 2.49. The molecule has 2 rings (SSSR count). The van der Waals surface area contributed by atoms with Crippen LogP contribution < -0.4 is 4.72 Å². The predicted molar refractivity (Wildman–Crippen MR) is 76.9 cm³/mol. The molecule has 2 aliphatic heterocycles. The molecule has 2 fully saturated rings. The van der Waals surface area contributed by atoms with Crippen molar-refractivity contribution in [2.45, 2.75) is 44.4 Å². The second-order valence-electron chi connectivity index (χ2n) is 6.70. The SMILES string of the molecule is CC(C)(C)[S+]([O-])NC1COCC12CCN(C(=O)O)CC2. The normalized spacial score (nSPS) is 27.8. The Bertz CT molecular complexity index is 364. The van der Waals surface area contributed by atoms with Gasteiger partial charge in [0.15, 0.2) is 0 Å². The number of hydrogen-bond donors (Lipinski definition) is 2. The van der Waals surface area contributed by atoms with Gasteiger partial charge in [-0.15, -0.1) is 4.72 Å². The van der Waals surface area contributed by atoms with Gasteiger partial charge >= 0.3 is 6.09 Å². The molecule has 0 aromatic rings. The zero-order valence-corrected chi connectivity index (χ0v) is 13.2. The summed E-state index contributed by atoms with van der Waals surface area (Å²) in [4.78, 5) is 12.4. The quantitative estimate of drug-likeness (QED) is 0.749. The van der Waals surface area contributed by atoms with Crippen LogP contribution in [0.2, 0.25) is 0 Å². The molecule has 0 aromatic heterocycles. The first-order valence-electron chi connectivity index (χ1n) is 6.98. The summed E-state index contributed by atoms with van der Waals surface area (Å²) >= 11 is -1.13. The van der Waals surface area contributed by atoms with Crippen molar-refractivity contribution < 1.29 is 19.2 Å². The van der Waals surface area contributed by atoms with Crippen molar-refractivity contribution >= 4 is 17.5 Å². The minimum atomic E-state index is -1.13. The van der Waals surface area contributed by atoms with Crippen LogP contribution in [0.5, 0.6) is 0 Å². The maximum absolute atomic E-state index is 12.3. The largest absolute Gasteiger partial charge is 0.598 e. The molecule has 2 heterocycles. The van der Waals surface area contributed by atoms with Crippen molar-refractivity contribution in [3.63, 3.8) is 0 Å². The van der Waals surface area contributed by atoms with Crippen LogP contribution in [-0.4, -0.2) is 57.7 Å². The van der Waals surface area contributed by atoms with Crippen molar-refractivity contribution in [2.75, 3.05) is 26.3 Å². The van der Waals surface area contributed by atoms with E-state index in [9.17, 15) is 9.35 Å². The minimum absolute atomic E-state index is 0.0403. The highest BCUT2D eigenvalue weighted by molar-refractivity contribution is 7.90. The van der Waals surface area contributed by atoms with Gasteiger partial charge in [0, 0.05) is 29.9 Å². The molecular weight excluding hydrogens is 280 g/mol. The van der Waals surface area contributed by atoms with Crippen LogP contribution in [0.15, 0.2) is 0 Å². The van der Waals surface area contributed by atoms with Crippen molar-refractivity contribution in [3.05, 3.63) is 0 Å². The van der Waals surface area contributed by atoms with Gasteiger partial charge < -0.3 is 19.3 Å². The number of carbonyl (C=O) groups is 1. The Balaban J connectivity index is 1.99. The van der Waals surface area contributed by atoms with Crippen LogP contribution in [0.3, 0.4) is 0 Å². The number of nitrogens with one attached hydrogen (secondary N) is 1. The van der Waals surface area contributed by atoms with E-state index in [4.69, 9.17) is 9.84 Å². The fourth-order valence-electron chi connectivity index (χ4n) is 2.76. The van der Waals surface area contributed by atoms with E-state index in [1.807, 2.05) is 20.8 Å². The van der Waals surface area contributed by atoms with Gasteiger partial charge in [-0.2, -0.15) is 0 Å². The molecule has 20 heavy (non-hydrogen) atoms. The van der Waals surface area contributed by atoms with E-state index < -0.39 is 17.5 Å². The molecule has 7 heteroatoms. The van der Waals surface area contributed by atoms with Crippen LogP contribution in [0.25, 0.3) is 0 Å². The third kappa shape index (κ3) is 3.21. The van der Waals surface area contributed by atoms with E-state index in [2.05, 4.69) is 4.72 Å². The summed E-state index contributed by atoms with van der Waals surface area (Å²) in [7, 11) is 0. The number of carboxylic acid groups (broad SMARTS) is 1. The first-order chi connectivity index (χ1) is 9.24. The lowest BCUT2D eigenvalue weighted by atomic mass is 9.75. The number of likely N-dealkylation sites (tertiary alicyclic amines) is 1. The van der Waals surface area contributed by atoms with Gasteiger partial charge in [-0.1, -0.05) is 0 Å². The summed E-state index contributed by atoms with van der Waals surface area (Å²) in [5.41, 5.74) is -0.0765. The van der Waals surface area contributed by atoms with E-state index in [0.29, 0.717) is 26.3 Å². The molecule has 0 bridgehead atoms. The second-order valence-corrected chi connectivity index (χ2v) is 8.70. The van der Waals surface area contributed by atoms with Crippen LogP contribution in [0.4, 0.5) is 4.79 Å². The molecule has 6 nitrogen and oxygen atoms in total. The molecule has 2 unspecified atom stereocenters. The van der Waals surface area contributed by atoms with Gasteiger partial charge in [0.1, 0.15) is 4.75 Å². The van der Waals surface area contributed by atoms with Crippen LogP contribution >= 0.6 is 0 Å². The van der Waals surface area contributed by atoms with Crippen LogP contribution in [-0.2, 0) is 16.1 Å². The first-order valence-corrected chi connectivity index (χ1v) is 8.13. The molecule has 2 aliphatic rings. The smallest absolute Gasteiger partial charge is 0.407 e. The Morgan fingerprint density at radius 2 is 2.05 bits per heavy atom. The van der Waals surface area contributed by atoms with Crippen molar-refractivity contribution in [1.82, 2.24) is 9.62 Å². The molecular formula is C13H24N2O4S. The van der Waals surface area contributed by atoms with E-state index in [1.165, 1.54) is 4.90 Å². The summed E-state index contributed by atoms with van der Waals surface area (Å²) in [5.74, 6) is 0. The Hall–Kier alpha value is -0.500. The monoisotopic (exact) mass is 304 g/mol. The molecule has 0 aromatic carbocycles. The minimum Gasteiger partial charge on any atom is -0.598 e. The van der Waals surface area contributed by atoms with Gasteiger partial charge in [0.2, 0.25) is 0 Å². The number of hydrogen-bond acceptors (Lipinski definition) is 4. The summed E-state index contributed by atoms with van der Waals surface area (Å²) in [6, 6.07) is 0.0403. The first kappa shape index (κ1) is 15.9. The molecule has 2 saturated heterocycles. The van der Waals surface area contributed by atoms with Gasteiger partial charge in [-0.25, -0.2) is 4.79 Å². The van der Waals surface area contributed by atoms with Crippen molar-refractivity contribution in [3.8, 4) is 0 Å². The highest BCUT2D eigenvalue weighted by atomic mass is 32.2. The van der Waals surface area contributed by atoms with Crippen molar-refractivity contribution in [1.29, 1.82) is 0 Å². The van der Waals surface area contributed by atoms with Gasteiger partial charge in [-0.3, -0.25) is 0 Å². The molecule has 2 atom stereocenters. The maximum atomic E-state index is 12.3. The average molecular weight is 304 g/mol. The van der Waals surface area contributed by atoms with E-state index in [1.54, 1.807) is 0 Å². The standard InChI is InChI=1S/C13H24N2O4S/c1-12(2,3)20(18)14-10-8-19-9-13(10)4-6-15(7-5-13)11(16)17/h10,14H,4-9H2,1-3H3,(H,16,17). The third-order valence-corrected chi connectivity index (χ3v) is 5.86. The maximum Gasteiger partial charge on any atom is 0.407 e. The van der Waals surface area contributed by atoms with Crippen molar-refractivity contribution in [2.24, 2.45) is 5.41 Å². The summed E-state index contributed by atoms with van der Waals surface area (Å²) in [5, 5.41) is 9.02. The Kier molecular flexibility index (Phi) is 4.53. The predicted octanol–water partition coefficient (Wildman–Crippen LogP) is 1.20. The van der Waals surface area contributed by atoms with Gasteiger partial charge in [0.05, 0.1) is 19.3 Å². The Morgan fingerprint density at radius 1 is 1.45 bits per heavy atom. The van der Waals surface area contributed by atoms with Gasteiger partial charge in [-0.05, 0) is 33.6 Å². The zero-order valence-electron chi connectivity index (χ0n) is 12.3. The van der Waals surface area contributed by atoms with E-state index in [-0.39, 0.29) is 16.2 Å². The lowest BCUT2D eigenvalue weighted by Crippen LogP contribution is -2.55. The van der Waals surface area contributed by atoms with Crippen LogP contribution in [0.1, 0.15) is 33.6 Å². The summed E-state index contributed by atoms with van der Waals surface area (Å²) in [6.45, 7) is 8.04. The second kappa shape index (κ2) is 5.71. The zero-order chi connectivity index (χ0) is 15.0. The lowest BCUT2D eigenvalue weighted by molar-refractivity contribution is 0.0693. The third-order valence-electron chi connectivity index (χ3n) is 4.25. The number of rotatable bonds is 2. The Labute approximate surface area is 123 Å². The number of amides is 1. The van der Waals surface area contributed by atoms with E-state index >= 15 is 0 Å². The fourth-order valence-corrected chi connectivity index (χ4v) is 3.69. The number of nitrogens with zero attached hydrogens (tertiary/aromatic N) is 1. The summed E-state index contributed by atoms with van der Waals surface area (Å²) in [6.07, 6.45) is 0.665. The summed E-state index contributed by atoms with van der Waals surface area (Å²) < 4.78 is 20.7. The fraction of sp³-hybridized carbons (Fsp3) is 0.923. The average Bonchev–Trinajstić information content (AvgIpc) is 2.71. The molecule has 2 N–H and O–H groups in total. The molecule has 1 amide bonds. The molecule has 116 valence electrons. The lowest BCUT2D eigenvalue weighted by Gasteiger charge is -2.41. The molecule has 0 radical (unpaired) electrons. The number of piperidine rings is 1. The van der Waals surface area contributed by atoms with Gasteiger partial charge in [0.25, 0.3) is 0 Å². The van der Waals surface area contributed by atoms with E-state index in [0.717, 1.165) is 12.8 Å². The molecule has 0 saturated carbocycles. The molecule has 0 aliphatic carbocycles. The van der Waals surface area contributed by atoms with Crippen LogP contribution in [0, 0.1) is 5.41 Å². The topological polar surface area (TPSA) is 84.9 Å².